The van der Waals surface area contributed by atoms with Crippen molar-refractivity contribution in [3.05, 3.63) is 29.8 Å². The Morgan fingerprint density at radius 1 is 1.17 bits per heavy atom. The zero-order valence-corrected chi connectivity index (χ0v) is 10.9. The number of rotatable bonds is 3. The van der Waals surface area contributed by atoms with Crippen molar-refractivity contribution in [1.29, 1.82) is 0 Å². The quantitative estimate of drug-likeness (QED) is 0.800. The van der Waals surface area contributed by atoms with Crippen molar-refractivity contribution in [1.82, 2.24) is 10.2 Å². The summed E-state index contributed by atoms with van der Waals surface area (Å²) in [5, 5.41) is 3.72. The number of nitrogens with zero attached hydrogens (tertiary/aromatic N) is 1. The van der Waals surface area contributed by atoms with E-state index in [-0.39, 0.29) is 0 Å². The van der Waals surface area contributed by atoms with E-state index in [1.54, 1.807) is 0 Å². The van der Waals surface area contributed by atoms with Gasteiger partial charge < -0.3 is 11.1 Å². The molecular formula is C15H23N3. The summed E-state index contributed by atoms with van der Waals surface area (Å²) in [5.74, 6) is 0. The molecule has 18 heavy (non-hydrogen) atoms. The minimum Gasteiger partial charge on any atom is -0.398 e. The van der Waals surface area contributed by atoms with Crippen LogP contribution in [0.15, 0.2) is 24.3 Å². The average molecular weight is 245 g/mol. The Hall–Kier alpha value is -1.06. The molecule has 2 heterocycles. The lowest BCUT2D eigenvalue weighted by atomic mass is 9.99. The number of nitrogens with two attached hydrogens (primary N) is 1. The Morgan fingerprint density at radius 3 is 2.94 bits per heavy atom. The van der Waals surface area contributed by atoms with Gasteiger partial charge in [-0.1, -0.05) is 24.6 Å². The van der Waals surface area contributed by atoms with Crippen LogP contribution in [0.5, 0.6) is 0 Å². The van der Waals surface area contributed by atoms with Crippen LogP contribution in [-0.2, 0) is 6.54 Å². The molecule has 3 heteroatoms. The van der Waals surface area contributed by atoms with Gasteiger partial charge >= 0.3 is 0 Å². The van der Waals surface area contributed by atoms with Gasteiger partial charge in [0, 0.05) is 30.9 Å². The van der Waals surface area contributed by atoms with E-state index in [0.29, 0.717) is 6.04 Å². The lowest BCUT2D eigenvalue weighted by Crippen LogP contribution is -2.44. The summed E-state index contributed by atoms with van der Waals surface area (Å²) < 4.78 is 0. The topological polar surface area (TPSA) is 41.3 Å². The molecule has 98 valence electrons. The molecule has 0 spiro atoms. The number of benzene rings is 1. The Morgan fingerprint density at radius 2 is 2.06 bits per heavy atom. The van der Waals surface area contributed by atoms with Gasteiger partial charge in [0.2, 0.25) is 0 Å². The number of fused-ring (bicyclic) bond motifs is 1. The van der Waals surface area contributed by atoms with Gasteiger partial charge in [-0.3, -0.25) is 4.90 Å². The average Bonchev–Trinajstić information content (AvgIpc) is 2.81. The normalized spacial score (nSPS) is 28.2. The Labute approximate surface area is 109 Å². The molecular weight excluding hydrogens is 222 g/mol. The summed E-state index contributed by atoms with van der Waals surface area (Å²) >= 11 is 0. The zero-order valence-electron chi connectivity index (χ0n) is 10.9. The van der Waals surface area contributed by atoms with Crippen molar-refractivity contribution in [2.75, 3.05) is 18.8 Å². The predicted molar refractivity (Wildman–Crippen MR) is 75.3 cm³/mol. The van der Waals surface area contributed by atoms with Gasteiger partial charge in [0.15, 0.2) is 0 Å². The fraction of sp³-hybridized carbons (Fsp3) is 0.600. The Balaban J connectivity index is 1.59. The first-order valence-corrected chi connectivity index (χ1v) is 7.15. The molecule has 1 aromatic rings. The predicted octanol–water partition coefficient (Wildman–Crippen LogP) is 1.99. The summed E-state index contributed by atoms with van der Waals surface area (Å²) in [6.07, 6.45) is 5.43. The number of para-hydroxylation sites is 1. The van der Waals surface area contributed by atoms with Gasteiger partial charge in [-0.05, 0) is 37.4 Å². The molecule has 3 nitrogen and oxygen atoms in total. The maximum absolute atomic E-state index is 5.99. The molecule has 0 aliphatic carbocycles. The number of hydrogen-bond acceptors (Lipinski definition) is 3. The molecule has 2 saturated heterocycles. The monoisotopic (exact) mass is 245 g/mol. The summed E-state index contributed by atoms with van der Waals surface area (Å²) in [6.45, 7) is 3.48. The molecule has 2 aliphatic rings. The van der Waals surface area contributed by atoms with Crippen molar-refractivity contribution < 1.29 is 0 Å². The van der Waals surface area contributed by atoms with Crippen molar-refractivity contribution >= 4 is 5.69 Å². The van der Waals surface area contributed by atoms with E-state index < -0.39 is 0 Å². The number of hydrogen-bond donors (Lipinski definition) is 2. The van der Waals surface area contributed by atoms with Crippen LogP contribution in [0.4, 0.5) is 5.69 Å². The van der Waals surface area contributed by atoms with E-state index in [0.717, 1.165) is 18.3 Å². The maximum atomic E-state index is 5.99. The minimum absolute atomic E-state index is 0.657. The standard InChI is InChI=1S/C15H23N3/c16-13-6-2-1-5-12(13)11-17-14-8-10-18-9-4-3-7-15(14)18/h1-2,5-6,14-15,17H,3-4,7-11,16H2. The third kappa shape index (κ3) is 2.38. The fourth-order valence-corrected chi connectivity index (χ4v) is 3.42. The molecule has 2 fully saturated rings. The summed E-state index contributed by atoms with van der Waals surface area (Å²) in [6, 6.07) is 9.59. The second-order valence-corrected chi connectivity index (χ2v) is 5.57. The molecule has 1 aromatic carbocycles. The van der Waals surface area contributed by atoms with Gasteiger partial charge in [0.25, 0.3) is 0 Å². The van der Waals surface area contributed by atoms with Crippen LogP contribution in [0, 0.1) is 0 Å². The molecule has 3 N–H and O–H groups in total. The molecule has 0 aromatic heterocycles. The van der Waals surface area contributed by atoms with Crippen molar-refractivity contribution in [2.45, 2.75) is 44.3 Å². The number of piperidine rings is 1. The van der Waals surface area contributed by atoms with Gasteiger partial charge in [0.1, 0.15) is 0 Å². The molecule has 0 radical (unpaired) electrons. The van der Waals surface area contributed by atoms with Crippen LogP contribution in [0.2, 0.25) is 0 Å². The smallest absolute Gasteiger partial charge is 0.0359 e. The highest BCUT2D eigenvalue weighted by Crippen LogP contribution is 2.27. The Bertz CT molecular complexity index is 404. The van der Waals surface area contributed by atoms with Crippen molar-refractivity contribution in [3.63, 3.8) is 0 Å². The van der Waals surface area contributed by atoms with Gasteiger partial charge in [-0.2, -0.15) is 0 Å². The first-order chi connectivity index (χ1) is 8.84. The first-order valence-electron chi connectivity index (χ1n) is 7.15. The lowest BCUT2D eigenvalue weighted by molar-refractivity contribution is 0.180. The number of nitrogen functional groups attached to an aromatic ring is 1. The maximum Gasteiger partial charge on any atom is 0.0359 e. The third-order valence-electron chi connectivity index (χ3n) is 4.47. The zero-order chi connectivity index (χ0) is 12.4. The van der Waals surface area contributed by atoms with E-state index in [9.17, 15) is 0 Å². The molecule has 2 aliphatic heterocycles. The van der Waals surface area contributed by atoms with Gasteiger partial charge in [-0.25, -0.2) is 0 Å². The van der Waals surface area contributed by atoms with E-state index >= 15 is 0 Å². The lowest BCUT2D eigenvalue weighted by Gasteiger charge is -2.32. The van der Waals surface area contributed by atoms with Crippen LogP contribution in [-0.4, -0.2) is 30.1 Å². The van der Waals surface area contributed by atoms with Crippen LogP contribution in [0.1, 0.15) is 31.2 Å². The minimum atomic E-state index is 0.657. The van der Waals surface area contributed by atoms with Gasteiger partial charge in [-0.15, -0.1) is 0 Å². The molecule has 0 amide bonds. The fourth-order valence-electron chi connectivity index (χ4n) is 3.42. The molecule has 3 rings (SSSR count). The van der Waals surface area contributed by atoms with Crippen molar-refractivity contribution in [2.24, 2.45) is 0 Å². The highest BCUT2D eigenvalue weighted by atomic mass is 15.2. The second-order valence-electron chi connectivity index (χ2n) is 5.57. The summed E-state index contributed by atoms with van der Waals surface area (Å²) in [7, 11) is 0. The molecule has 2 unspecified atom stereocenters. The SMILES string of the molecule is Nc1ccccc1CNC1CCN2CCCCC12. The van der Waals surface area contributed by atoms with E-state index in [4.69, 9.17) is 5.73 Å². The van der Waals surface area contributed by atoms with E-state index in [1.165, 1.54) is 44.3 Å². The van der Waals surface area contributed by atoms with Crippen molar-refractivity contribution in [3.8, 4) is 0 Å². The molecule has 2 atom stereocenters. The summed E-state index contributed by atoms with van der Waals surface area (Å²) in [4.78, 5) is 2.66. The molecule has 0 saturated carbocycles. The van der Waals surface area contributed by atoms with Crippen LogP contribution >= 0.6 is 0 Å². The number of nitrogens with one attached hydrogen (secondary N) is 1. The van der Waals surface area contributed by atoms with E-state index in [2.05, 4.69) is 22.3 Å². The second kappa shape index (κ2) is 5.29. The highest BCUT2D eigenvalue weighted by molar-refractivity contribution is 5.46. The summed E-state index contributed by atoms with van der Waals surface area (Å²) in [5.41, 5.74) is 8.12. The van der Waals surface area contributed by atoms with Crippen LogP contribution in [0.3, 0.4) is 0 Å². The number of anilines is 1. The third-order valence-corrected chi connectivity index (χ3v) is 4.47. The van der Waals surface area contributed by atoms with E-state index in [1.807, 2.05) is 12.1 Å². The van der Waals surface area contributed by atoms with Crippen LogP contribution < -0.4 is 11.1 Å². The molecule has 0 bridgehead atoms. The largest absolute Gasteiger partial charge is 0.398 e. The Kier molecular flexibility index (Phi) is 3.52. The van der Waals surface area contributed by atoms with Gasteiger partial charge in [0.05, 0.1) is 0 Å². The highest BCUT2D eigenvalue weighted by Gasteiger charge is 2.34. The first kappa shape index (κ1) is 12.0. The van der Waals surface area contributed by atoms with Crippen LogP contribution in [0.25, 0.3) is 0 Å².